The summed E-state index contributed by atoms with van der Waals surface area (Å²) in [6, 6.07) is 4.15. The van der Waals surface area contributed by atoms with Gasteiger partial charge in [0.15, 0.2) is 0 Å². The van der Waals surface area contributed by atoms with Crippen molar-refractivity contribution in [1.82, 2.24) is 9.21 Å². The van der Waals surface area contributed by atoms with Crippen molar-refractivity contribution in [2.75, 3.05) is 70.5 Å². The van der Waals surface area contributed by atoms with Crippen molar-refractivity contribution in [3.8, 4) is 0 Å². The van der Waals surface area contributed by atoms with Crippen LogP contribution in [-0.4, -0.2) is 93.3 Å². The Morgan fingerprint density at radius 2 is 1.79 bits per heavy atom. The predicted molar refractivity (Wildman–Crippen MR) is 103 cm³/mol. The maximum atomic E-state index is 12.8. The number of aliphatic hydroxyl groups excluding tert-OH is 1. The summed E-state index contributed by atoms with van der Waals surface area (Å²) < 4.78 is 32.1. The number of morpholine rings is 1. The number of nitro benzene ring substituents is 1. The van der Waals surface area contributed by atoms with Gasteiger partial charge in [-0.05, 0) is 18.6 Å². The second kappa shape index (κ2) is 9.14. The molecule has 0 bridgehead atoms. The second-order valence-corrected chi connectivity index (χ2v) is 8.77. The lowest BCUT2D eigenvalue weighted by Gasteiger charge is -2.35. The zero-order valence-electron chi connectivity index (χ0n) is 15.7. The molecule has 0 amide bonds. The van der Waals surface area contributed by atoms with Crippen molar-refractivity contribution in [2.24, 2.45) is 0 Å². The summed E-state index contributed by atoms with van der Waals surface area (Å²) in [6.45, 7) is 4.77. The van der Waals surface area contributed by atoms with Crippen LogP contribution in [0.3, 0.4) is 0 Å². The molecule has 2 aliphatic rings. The lowest BCUT2D eigenvalue weighted by molar-refractivity contribution is -0.384. The number of rotatable bonds is 7. The first-order valence-electron chi connectivity index (χ1n) is 9.38. The van der Waals surface area contributed by atoms with Gasteiger partial charge in [-0.1, -0.05) is 0 Å². The molecule has 1 aromatic carbocycles. The zero-order chi connectivity index (χ0) is 20.1. The Hall–Kier alpha value is -1.79. The van der Waals surface area contributed by atoms with E-state index in [4.69, 9.17) is 9.84 Å². The van der Waals surface area contributed by atoms with Crippen LogP contribution in [-0.2, 0) is 14.8 Å². The highest BCUT2D eigenvalue weighted by molar-refractivity contribution is 7.89. The van der Waals surface area contributed by atoms with E-state index in [1.54, 1.807) is 0 Å². The molecule has 0 aromatic heterocycles. The molecule has 1 N–H and O–H groups in total. The van der Waals surface area contributed by atoms with Gasteiger partial charge in [0.25, 0.3) is 5.69 Å². The third kappa shape index (κ3) is 4.61. The van der Waals surface area contributed by atoms with E-state index in [1.807, 2.05) is 4.90 Å². The number of nitrogens with zero attached hydrogens (tertiary/aromatic N) is 4. The van der Waals surface area contributed by atoms with Crippen LogP contribution in [0.1, 0.15) is 6.42 Å². The van der Waals surface area contributed by atoms with Gasteiger partial charge in [-0.15, -0.1) is 0 Å². The Balaban J connectivity index is 1.79. The molecule has 1 aromatic rings. The number of hydrogen-bond donors (Lipinski definition) is 1. The average Bonchev–Trinajstić information content (AvgIpc) is 2.72. The average molecular weight is 414 g/mol. The molecule has 0 spiro atoms. The summed E-state index contributed by atoms with van der Waals surface area (Å²) in [5.41, 5.74) is 0.242. The van der Waals surface area contributed by atoms with Crippen LogP contribution in [0.25, 0.3) is 0 Å². The van der Waals surface area contributed by atoms with Crippen molar-refractivity contribution in [2.45, 2.75) is 11.3 Å². The van der Waals surface area contributed by atoms with Gasteiger partial charge in [0.1, 0.15) is 5.69 Å². The van der Waals surface area contributed by atoms with E-state index in [0.29, 0.717) is 38.4 Å². The minimum Gasteiger partial charge on any atom is -0.396 e. The molecular formula is C17H26N4O6S. The van der Waals surface area contributed by atoms with Gasteiger partial charge >= 0.3 is 0 Å². The molecule has 0 saturated carbocycles. The second-order valence-electron chi connectivity index (χ2n) is 6.83. The van der Waals surface area contributed by atoms with E-state index in [-0.39, 0.29) is 30.3 Å². The molecular weight excluding hydrogens is 388 g/mol. The Bertz CT molecular complexity index is 789. The number of sulfonamides is 1. The first-order valence-corrected chi connectivity index (χ1v) is 10.8. The number of hydrogen-bond acceptors (Lipinski definition) is 8. The van der Waals surface area contributed by atoms with E-state index in [1.165, 1.54) is 16.4 Å². The van der Waals surface area contributed by atoms with Gasteiger partial charge in [-0.3, -0.25) is 15.0 Å². The fourth-order valence-corrected chi connectivity index (χ4v) is 4.95. The van der Waals surface area contributed by atoms with E-state index in [9.17, 15) is 18.5 Å². The molecule has 156 valence electrons. The topological polar surface area (TPSA) is 116 Å². The lowest BCUT2D eigenvalue weighted by atomic mass is 10.2. The molecule has 0 radical (unpaired) electrons. The number of ether oxygens (including phenoxy) is 1. The van der Waals surface area contributed by atoms with E-state index in [2.05, 4.69) is 4.90 Å². The molecule has 3 rings (SSSR count). The standard InChI is InChI=1S/C17H26N4O6S/c22-11-1-4-18-5-7-19(8-6-18)16-3-2-15(14-17(16)21(23)24)28(25,26)20-9-12-27-13-10-20/h2-3,14,22H,1,4-13H2. The van der Waals surface area contributed by atoms with Crippen LogP contribution in [0.5, 0.6) is 0 Å². The smallest absolute Gasteiger partial charge is 0.293 e. The van der Waals surface area contributed by atoms with Crippen LogP contribution in [0.15, 0.2) is 23.1 Å². The van der Waals surface area contributed by atoms with Crippen molar-refractivity contribution in [3.05, 3.63) is 28.3 Å². The minimum atomic E-state index is -3.79. The van der Waals surface area contributed by atoms with E-state index >= 15 is 0 Å². The van der Waals surface area contributed by atoms with Crippen LogP contribution in [0.4, 0.5) is 11.4 Å². The summed E-state index contributed by atoms with van der Waals surface area (Å²) in [5.74, 6) is 0. The third-order valence-electron chi connectivity index (χ3n) is 5.10. The minimum absolute atomic E-state index is 0.0635. The SMILES string of the molecule is O=[N+]([O-])c1cc(S(=O)(=O)N2CCOCC2)ccc1N1CCN(CCCO)CC1. The van der Waals surface area contributed by atoms with Gasteiger partial charge in [0, 0.05) is 58.5 Å². The van der Waals surface area contributed by atoms with Crippen LogP contribution in [0.2, 0.25) is 0 Å². The van der Waals surface area contributed by atoms with Crippen LogP contribution >= 0.6 is 0 Å². The van der Waals surface area contributed by atoms with Gasteiger partial charge in [0.2, 0.25) is 10.0 Å². The molecule has 0 aliphatic carbocycles. The quantitative estimate of drug-likeness (QED) is 0.494. The molecule has 10 nitrogen and oxygen atoms in total. The van der Waals surface area contributed by atoms with Crippen molar-refractivity contribution in [1.29, 1.82) is 0 Å². The van der Waals surface area contributed by atoms with E-state index in [0.717, 1.165) is 25.7 Å². The first-order chi connectivity index (χ1) is 13.4. The molecule has 2 aliphatic heterocycles. The Kier molecular flexibility index (Phi) is 6.83. The maximum Gasteiger partial charge on any atom is 0.293 e. The molecule has 28 heavy (non-hydrogen) atoms. The number of anilines is 1. The summed E-state index contributed by atoms with van der Waals surface area (Å²) >= 11 is 0. The van der Waals surface area contributed by atoms with Crippen LogP contribution < -0.4 is 4.90 Å². The molecule has 0 unspecified atom stereocenters. The molecule has 11 heteroatoms. The Labute approximate surface area is 164 Å². The van der Waals surface area contributed by atoms with E-state index < -0.39 is 14.9 Å². The van der Waals surface area contributed by atoms with Crippen molar-refractivity contribution in [3.63, 3.8) is 0 Å². The van der Waals surface area contributed by atoms with Gasteiger partial charge < -0.3 is 14.7 Å². The van der Waals surface area contributed by atoms with Crippen LogP contribution in [0, 0.1) is 10.1 Å². The fraction of sp³-hybridized carbons (Fsp3) is 0.647. The van der Waals surface area contributed by atoms with Crippen molar-refractivity contribution < 1.29 is 23.2 Å². The highest BCUT2D eigenvalue weighted by Crippen LogP contribution is 2.32. The summed E-state index contributed by atoms with van der Waals surface area (Å²) in [6.07, 6.45) is 0.703. The maximum absolute atomic E-state index is 12.8. The first kappa shape index (κ1) is 20.9. The lowest BCUT2D eigenvalue weighted by Crippen LogP contribution is -2.47. The summed E-state index contributed by atoms with van der Waals surface area (Å²) in [5, 5.41) is 20.6. The highest BCUT2D eigenvalue weighted by Gasteiger charge is 2.30. The normalized spacial score (nSPS) is 19.7. The summed E-state index contributed by atoms with van der Waals surface area (Å²) in [4.78, 5) is 15.2. The molecule has 2 fully saturated rings. The molecule has 2 saturated heterocycles. The van der Waals surface area contributed by atoms with Crippen molar-refractivity contribution >= 4 is 21.4 Å². The zero-order valence-corrected chi connectivity index (χ0v) is 16.5. The third-order valence-corrected chi connectivity index (χ3v) is 6.99. The number of benzene rings is 1. The highest BCUT2D eigenvalue weighted by atomic mass is 32.2. The Morgan fingerprint density at radius 1 is 1.11 bits per heavy atom. The largest absolute Gasteiger partial charge is 0.396 e. The predicted octanol–water partition coefficient (Wildman–Crippen LogP) is 0.120. The molecule has 2 heterocycles. The van der Waals surface area contributed by atoms with Gasteiger partial charge in [-0.2, -0.15) is 4.31 Å². The summed E-state index contributed by atoms with van der Waals surface area (Å²) in [7, 11) is -3.79. The number of aliphatic hydroxyl groups is 1. The fourth-order valence-electron chi connectivity index (χ4n) is 3.52. The number of nitro groups is 1. The molecule has 0 atom stereocenters. The monoisotopic (exact) mass is 414 g/mol. The van der Waals surface area contributed by atoms with Gasteiger partial charge in [-0.25, -0.2) is 8.42 Å². The number of piperazine rings is 1. The van der Waals surface area contributed by atoms with Gasteiger partial charge in [0.05, 0.1) is 23.0 Å². The Morgan fingerprint density at radius 3 is 2.39 bits per heavy atom.